The first-order chi connectivity index (χ1) is 10.2. The van der Waals surface area contributed by atoms with E-state index in [1.165, 1.54) is 5.56 Å². The van der Waals surface area contributed by atoms with Gasteiger partial charge in [0.25, 0.3) is 0 Å². The van der Waals surface area contributed by atoms with Crippen LogP contribution in [0.25, 0.3) is 0 Å². The van der Waals surface area contributed by atoms with Crippen molar-refractivity contribution in [3.05, 3.63) is 54.1 Å². The van der Waals surface area contributed by atoms with Gasteiger partial charge in [-0.15, -0.1) is 0 Å². The Kier molecular flexibility index (Phi) is 3.08. The molecule has 0 amide bonds. The molecule has 0 radical (unpaired) electrons. The van der Waals surface area contributed by atoms with Crippen LogP contribution in [-0.4, -0.2) is 20.7 Å². The molecule has 1 fully saturated rings. The molecule has 0 aliphatic carbocycles. The fourth-order valence-electron chi connectivity index (χ4n) is 3.74. The molecule has 0 saturated carbocycles. The summed E-state index contributed by atoms with van der Waals surface area (Å²) in [5.74, 6) is 1.69. The third kappa shape index (κ3) is 2.10. The van der Waals surface area contributed by atoms with E-state index in [4.69, 9.17) is 4.84 Å². The van der Waals surface area contributed by atoms with E-state index in [9.17, 15) is 0 Å². The quantitative estimate of drug-likeness (QED) is 0.865. The van der Waals surface area contributed by atoms with Crippen molar-refractivity contribution in [3.8, 4) is 0 Å². The molecule has 2 bridgehead atoms. The lowest BCUT2D eigenvalue weighted by molar-refractivity contribution is -0.176. The topological polar surface area (TPSA) is 30.3 Å². The molecular weight excluding hydrogens is 262 g/mol. The Morgan fingerprint density at radius 2 is 2.10 bits per heavy atom. The van der Waals surface area contributed by atoms with Crippen molar-refractivity contribution in [2.24, 2.45) is 5.92 Å². The molecule has 4 nitrogen and oxygen atoms in total. The summed E-state index contributed by atoms with van der Waals surface area (Å²) in [6.45, 7) is 5.34. The molecule has 1 aromatic heterocycles. The third-order valence-electron chi connectivity index (χ3n) is 4.64. The van der Waals surface area contributed by atoms with Crippen molar-refractivity contribution < 1.29 is 4.84 Å². The van der Waals surface area contributed by atoms with Crippen LogP contribution < -0.4 is 0 Å². The van der Waals surface area contributed by atoms with Gasteiger partial charge in [-0.05, 0) is 11.5 Å². The largest absolute Gasteiger partial charge is 0.328 e. The summed E-state index contributed by atoms with van der Waals surface area (Å²) in [4.78, 5) is 10.9. The first-order valence-corrected chi connectivity index (χ1v) is 7.74. The number of hydrogen-bond donors (Lipinski definition) is 0. The van der Waals surface area contributed by atoms with E-state index in [0.29, 0.717) is 12.0 Å². The Hall–Kier alpha value is -1.65. The Morgan fingerprint density at radius 1 is 1.29 bits per heavy atom. The number of nitrogens with zero attached hydrogens (tertiary/aromatic N) is 3. The number of hydrogen-bond acceptors (Lipinski definition) is 3. The number of fused-ring (bicyclic) bond motifs is 4. The molecule has 2 aliphatic rings. The van der Waals surface area contributed by atoms with Crippen molar-refractivity contribution >= 4 is 0 Å². The predicted molar refractivity (Wildman–Crippen MR) is 80.3 cm³/mol. The highest BCUT2D eigenvalue weighted by molar-refractivity contribution is 5.16. The molecule has 2 aliphatic heterocycles. The van der Waals surface area contributed by atoms with Gasteiger partial charge in [-0.3, -0.25) is 4.84 Å². The Balaban J connectivity index is 1.65. The van der Waals surface area contributed by atoms with Gasteiger partial charge in [0.15, 0.2) is 0 Å². The summed E-state index contributed by atoms with van der Waals surface area (Å²) in [7, 11) is 0. The zero-order valence-corrected chi connectivity index (χ0v) is 12.5. The van der Waals surface area contributed by atoms with Crippen molar-refractivity contribution in [2.75, 3.05) is 0 Å². The Morgan fingerprint density at radius 3 is 2.86 bits per heavy atom. The highest BCUT2D eigenvalue weighted by Gasteiger charge is 2.47. The maximum absolute atomic E-state index is 6.28. The van der Waals surface area contributed by atoms with E-state index in [1.54, 1.807) is 0 Å². The van der Waals surface area contributed by atoms with Crippen LogP contribution in [0.1, 0.15) is 43.7 Å². The van der Waals surface area contributed by atoms with Crippen LogP contribution in [0.2, 0.25) is 0 Å². The van der Waals surface area contributed by atoms with Crippen LogP contribution in [0.4, 0.5) is 0 Å². The van der Waals surface area contributed by atoms with Gasteiger partial charge in [0.05, 0.1) is 12.1 Å². The highest BCUT2D eigenvalue weighted by atomic mass is 16.7. The van der Waals surface area contributed by atoms with E-state index >= 15 is 0 Å². The summed E-state index contributed by atoms with van der Waals surface area (Å²) in [5, 5.41) is 2.13. The minimum absolute atomic E-state index is 0.264. The van der Waals surface area contributed by atoms with Crippen molar-refractivity contribution in [1.29, 1.82) is 0 Å². The molecule has 0 unspecified atom stereocenters. The van der Waals surface area contributed by atoms with Crippen LogP contribution in [-0.2, 0) is 11.4 Å². The molecule has 0 N–H and O–H groups in total. The average Bonchev–Trinajstić information content (AvgIpc) is 3.07. The normalized spacial score (nSPS) is 28.0. The second-order valence-electron chi connectivity index (χ2n) is 6.38. The smallest absolute Gasteiger partial charge is 0.128 e. The molecule has 1 saturated heterocycles. The van der Waals surface area contributed by atoms with Crippen molar-refractivity contribution in [1.82, 2.24) is 14.6 Å². The van der Waals surface area contributed by atoms with Crippen LogP contribution in [0.15, 0.2) is 42.7 Å². The summed E-state index contributed by atoms with van der Waals surface area (Å²) in [6.07, 6.45) is 5.34. The fraction of sp³-hybridized carbons (Fsp3) is 0.471. The van der Waals surface area contributed by atoms with Crippen molar-refractivity contribution in [3.63, 3.8) is 0 Å². The molecule has 4 heteroatoms. The van der Waals surface area contributed by atoms with Crippen molar-refractivity contribution in [2.45, 2.75) is 45.0 Å². The van der Waals surface area contributed by atoms with E-state index in [2.05, 4.69) is 58.9 Å². The number of imidazole rings is 1. The molecule has 1 aromatic carbocycles. The van der Waals surface area contributed by atoms with Gasteiger partial charge in [0, 0.05) is 25.4 Å². The van der Waals surface area contributed by atoms with Crippen LogP contribution in [0, 0.1) is 5.92 Å². The Labute approximate surface area is 125 Å². The maximum Gasteiger partial charge on any atom is 0.128 e. The predicted octanol–water partition coefficient (Wildman–Crippen LogP) is 3.34. The lowest BCUT2D eigenvalue weighted by Crippen LogP contribution is -2.32. The molecule has 3 heterocycles. The van der Waals surface area contributed by atoms with Gasteiger partial charge in [0.1, 0.15) is 11.9 Å². The third-order valence-corrected chi connectivity index (χ3v) is 4.64. The van der Waals surface area contributed by atoms with Gasteiger partial charge in [-0.25, -0.2) is 4.98 Å². The van der Waals surface area contributed by atoms with Gasteiger partial charge in [-0.1, -0.05) is 44.2 Å². The molecule has 21 heavy (non-hydrogen) atoms. The number of hydroxylamine groups is 2. The Bertz CT molecular complexity index is 622. The van der Waals surface area contributed by atoms with Crippen LogP contribution >= 0.6 is 0 Å². The number of aromatic nitrogens is 2. The van der Waals surface area contributed by atoms with Crippen LogP contribution in [0.5, 0.6) is 0 Å². The molecule has 0 spiro atoms. The minimum Gasteiger partial charge on any atom is -0.328 e. The summed E-state index contributed by atoms with van der Waals surface area (Å²) in [5.41, 5.74) is 1.28. The first-order valence-electron chi connectivity index (χ1n) is 7.74. The van der Waals surface area contributed by atoms with E-state index < -0.39 is 0 Å². The zero-order chi connectivity index (χ0) is 14.4. The molecule has 2 aromatic rings. The lowest BCUT2D eigenvalue weighted by atomic mass is 9.90. The highest BCUT2D eigenvalue weighted by Crippen LogP contribution is 2.46. The van der Waals surface area contributed by atoms with Gasteiger partial charge >= 0.3 is 0 Å². The average molecular weight is 283 g/mol. The van der Waals surface area contributed by atoms with Gasteiger partial charge in [-0.2, -0.15) is 5.06 Å². The van der Waals surface area contributed by atoms with Crippen LogP contribution in [0.3, 0.4) is 0 Å². The second-order valence-corrected chi connectivity index (χ2v) is 6.38. The standard InChI is InChI=1S/C17H21N3O/c1-12(2)16-15-10-14(17-18-8-9-19(16)17)20(21-15)11-13-6-4-3-5-7-13/h3-9,12,14-16H,10-11H2,1-2H3/t14-,15+,16-/m0/s1. The van der Waals surface area contributed by atoms with Gasteiger partial charge < -0.3 is 4.57 Å². The SMILES string of the molecule is CC(C)[C@H]1[C@H]2C[C@@H](c3nccn31)N(Cc1ccccc1)O2. The molecule has 110 valence electrons. The number of rotatable bonds is 3. The fourth-order valence-corrected chi connectivity index (χ4v) is 3.74. The summed E-state index contributed by atoms with van der Waals surface area (Å²) >= 11 is 0. The number of benzene rings is 1. The lowest BCUT2D eigenvalue weighted by Gasteiger charge is -2.31. The summed E-state index contributed by atoms with van der Waals surface area (Å²) < 4.78 is 2.33. The second kappa shape index (κ2) is 4.97. The van der Waals surface area contributed by atoms with Gasteiger partial charge in [0.2, 0.25) is 0 Å². The maximum atomic E-state index is 6.28. The zero-order valence-electron chi connectivity index (χ0n) is 12.5. The minimum atomic E-state index is 0.264. The summed E-state index contributed by atoms with van der Waals surface area (Å²) in [6, 6.07) is 11.2. The first kappa shape index (κ1) is 13.0. The molecule has 4 rings (SSSR count). The van der Waals surface area contributed by atoms with E-state index in [1.807, 2.05) is 12.3 Å². The molecular formula is C17H21N3O. The molecule has 3 atom stereocenters. The van der Waals surface area contributed by atoms with E-state index in [-0.39, 0.29) is 12.1 Å². The van der Waals surface area contributed by atoms with E-state index in [0.717, 1.165) is 18.8 Å². The monoisotopic (exact) mass is 283 g/mol.